The van der Waals surface area contributed by atoms with Gasteiger partial charge in [0.2, 0.25) is 6.79 Å². The van der Waals surface area contributed by atoms with Crippen molar-refractivity contribution in [1.29, 1.82) is 0 Å². The Kier molecular flexibility index (Phi) is 5.91. The third kappa shape index (κ3) is 4.33. The van der Waals surface area contributed by atoms with Gasteiger partial charge in [-0.25, -0.2) is 0 Å². The number of nitrogens with zero attached hydrogens (tertiary/aromatic N) is 1. The molecule has 4 aromatic rings. The van der Waals surface area contributed by atoms with Gasteiger partial charge in [0.05, 0.1) is 6.54 Å². The quantitative estimate of drug-likeness (QED) is 0.355. The van der Waals surface area contributed by atoms with Crippen molar-refractivity contribution in [2.24, 2.45) is 0 Å². The molecular weight excluding hydrogens is 454 g/mol. The molecule has 36 heavy (non-hydrogen) atoms. The number of para-hydroxylation sites is 1. The highest BCUT2D eigenvalue weighted by Crippen LogP contribution is 2.37. The molecule has 2 aliphatic heterocycles. The number of carbonyl (C=O) groups is 1. The van der Waals surface area contributed by atoms with Gasteiger partial charge in [0.15, 0.2) is 23.0 Å². The van der Waals surface area contributed by atoms with Crippen LogP contribution in [0.15, 0.2) is 91.0 Å². The van der Waals surface area contributed by atoms with E-state index in [0.29, 0.717) is 54.9 Å². The molecule has 0 unspecified atom stereocenters. The van der Waals surface area contributed by atoms with Gasteiger partial charge in [-0.3, -0.25) is 4.79 Å². The molecule has 6 heteroatoms. The largest absolute Gasteiger partial charge is 0.486 e. The molecule has 0 aliphatic carbocycles. The molecule has 1 amide bonds. The van der Waals surface area contributed by atoms with Gasteiger partial charge in [-0.2, -0.15) is 0 Å². The standard InChI is InChI=1S/C30H25NO5/c32-30(22-13-14-26-28(17-22)34-16-15-33-26)31(19-24-10-6-12-27-29(24)36-20-35-27)18-23-9-4-5-11-25(23)21-7-2-1-3-8-21/h1-14,17H,15-16,18-20H2. The summed E-state index contributed by atoms with van der Waals surface area (Å²) in [4.78, 5) is 15.8. The van der Waals surface area contributed by atoms with Crippen molar-refractivity contribution >= 4 is 5.91 Å². The van der Waals surface area contributed by atoms with E-state index < -0.39 is 0 Å². The second-order valence-electron chi connectivity index (χ2n) is 8.69. The Bertz CT molecular complexity index is 1400. The molecule has 0 bridgehead atoms. The summed E-state index contributed by atoms with van der Waals surface area (Å²) in [6.45, 7) is 1.93. The lowest BCUT2D eigenvalue weighted by Gasteiger charge is -2.26. The molecular formula is C30H25NO5. The topological polar surface area (TPSA) is 57.2 Å². The molecule has 180 valence electrons. The van der Waals surface area contributed by atoms with E-state index in [9.17, 15) is 4.79 Å². The fraction of sp³-hybridized carbons (Fsp3) is 0.167. The summed E-state index contributed by atoms with van der Waals surface area (Å²) >= 11 is 0. The minimum absolute atomic E-state index is 0.105. The Morgan fingerprint density at radius 1 is 0.667 bits per heavy atom. The van der Waals surface area contributed by atoms with Crippen LogP contribution in [-0.2, 0) is 13.1 Å². The number of carbonyl (C=O) groups excluding carboxylic acids is 1. The maximum Gasteiger partial charge on any atom is 0.254 e. The first-order chi connectivity index (χ1) is 17.8. The van der Waals surface area contributed by atoms with E-state index in [-0.39, 0.29) is 12.7 Å². The van der Waals surface area contributed by atoms with Crippen LogP contribution in [0.5, 0.6) is 23.0 Å². The molecule has 0 saturated heterocycles. The predicted molar refractivity (Wildman–Crippen MR) is 135 cm³/mol. The average Bonchev–Trinajstić information content (AvgIpc) is 3.43. The lowest BCUT2D eigenvalue weighted by atomic mass is 9.99. The number of rotatable bonds is 6. The van der Waals surface area contributed by atoms with Crippen molar-refractivity contribution in [3.05, 3.63) is 108 Å². The summed E-state index contributed by atoms with van der Waals surface area (Å²) in [6, 6.07) is 29.5. The van der Waals surface area contributed by atoms with Crippen LogP contribution >= 0.6 is 0 Å². The fourth-order valence-corrected chi connectivity index (χ4v) is 4.64. The SMILES string of the molecule is O=C(c1ccc2c(c1)OCCO2)N(Cc1ccccc1-c1ccccc1)Cc1cccc2c1OCO2. The summed E-state index contributed by atoms with van der Waals surface area (Å²) in [5, 5.41) is 0. The summed E-state index contributed by atoms with van der Waals surface area (Å²) in [5.41, 5.74) is 4.70. The van der Waals surface area contributed by atoms with Crippen LogP contribution < -0.4 is 18.9 Å². The molecule has 6 nitrogen and oxygen atoms in total. The van der Waals surface area contributed by atoms with Crippen LogP contribution in [0.1, 0.15) is 21.5 Å². The third-order valence-electron chi connectivity index (χ3n) is 6.38. The van der Waals surface area contributed by atoms with Crippen LogP contribution in [0.4, 0.5) is 0 Å². The summed E-state index contributed by atoms with van der Waals surface area (Å²) in [6.07, 6.45) is 0. The first kappa shape index (κ1) is 22.0. The lowest BCUT2D eigenvalue weighted by molar-refractivity contribution is 0.0727. The zero-order valence-electron chi connectivity index (χ0n) is 19.7. The summed E-state index contributed by atoms with van der Waals surface area (Å²) < 4.78 is 22.7. The van der Waals surface area contributed by atoms with E-state index in [2.05, 4.69) is 24.3 Å². The molecule has 0 saturated carbocycles. The van der Waals surface area contributed by atoms with Crippen molar-refractivity contribution in [1.82, 2.24) is 4.90 Å². The molecule has 0 fully saturated rings. The number of fused-ring (bicyclic) bond motifs is 2. The lowest BCUT2D eigenvalue weighted by Crippen LogP contribution is -2.30. The molecule has 0 atom stereocenters. The number of hydrogen-bond donors (Lipinski definition) is 0. The van der Waals surface area contributed by atoms with Gasteiger partial charge in [-0.1, -0.05) is 66.7 Å². The highest BCUT2D eigenvalue weighted by atomic mass is 16.7. The van der Waals surface area contributed by atoms with E-state index in [1.54, 1.807) is 18.2 Å². The van der Waals surface area contributed by atoms with Gasteiger partial charge in [0.1, 0.15) is 13.2 Å². The zero-order valence-corrected chi connectivity index (χ0v) is 19.7. The first-order valence-corrected chi connectivity index (χ1v) is 12.0. The van der Waals surface area contributed by atoms with Crippen LogP contribution in [0, 0.1) is 0 Å². The van der Waals surface area contributed by atoms with E-state index in [4.69, 9.17) is 18.9 Å². The van der Waals surface area contributed by atoms with Crippen molar-refractivity contribution < 1.29 is 23.7 Å². The summed E-state index contributed by atoms with van der Waals surface area (Å²) in [5.74, 6) is 2.53. The maximum atomic E-state index is 13.9. The molecule has 0 radical (unpaired) electrons. The number of hydrogen-bond acceptors (Lipinski definition) is 5. The van der Waals surface area contributed by atoms with Gasteiger partial charge in [-0.05, 0) is 41.0 Å². The number of benzene rings is 4. The molecule has 6 rings (SSSR count). The van der Waals surface area contributed by atoms with Crippen molar-refractivity contribution in [2.45, 2.75) is 13.1 Å². The van der Waals surface area contributed by atoms with E-state index >= 15 is 0 Å². The number of amides is 1. The van der Waals surface area contributed by atoms with Crippen LogP contribution in [0.25, 0.3) is 11.1 Å². The highest BCUT2D eigenvalue weighted by molar-refractivity contribution is 5.95. The van der Waals surface area contributed by atoms with Gasteiger partial charge in [-0.15, -0.1) is 0 Å². The monoisotopic (exact) mass is 479 g/mol. The molecule has 0 spiro atoms. The second-order valence-corrected chi connectivity index (χ2v) is 8.69. The second kappa shape index (κ2) is 9.66. The zero-order chi connectivity index (χ0) is 24.3. The first-order valence-electron chi connectivity index (χ1n) is 12.0. The fourth-order valence-electron chi connectivity index (χ4n) is 4.64. The average molecular weight is 480 g/mol. The normalized spacial score (nSPS) is 13.3. The van der Waals surface area contributed by atoms with Gasteiger partial charge in [0.25, 0.3) is 5.91 Å². The maximum absolute atomic E-state index is 13.9. The molecule has 2 heterocycles. The van der Waals surface area contributed by atoms with Crippen LogP contribution in [-0.4, -0.2) is 30.8 Å². The van der Waals surface area contributed by atoms with Gasteiger partial charge >= 0.3 is 0 Å². The van der Waals surface area contributed by atoms with E-state index in [1.165, 1.54) is 0 Å². The van der Waals surface area contributed by atoms with Crippen molar-refractivity contribution in [2.75, 3.05) is 20.0 Å². The van der Waals surface area contributed by atoms with Gasteiger partial charge in [0, 0.05) is 17.7 Å². The Balaban J connectivity index is 1.37. The predicted octanol–water partition coefficient (Wildman–Crippen LogP) is 5.70. The minimum Gasteiger partial charge on any atom is -0.486 e. The van der Waals surface area contributed by atoms with Crippen molar-refractivity contribution in [3.63, 3.8) is 0 Å². The summed E-state index contributed by atoms with van der Waals surface area (Å²) in [7, 11) is 0. The van der Waals surface area contributed by atoms with Crippen LogP contribution in [0.2, 0.25) is 0 Å². The molecule has 4 aromatic carbocycles. The Morgan fingerprint density at radius 2 is 1.42 bits per heavy atom. The Morgan fingerprint density at radius 3 is 2.31 bits per heavy atom. The third-order valence-corrected chi connectivity index (χ3v) is 6.38. The van der Waals surface area contributed by atoms with Crippen molar-refractivity contribution in [3.8, 4) is 34.1 Å². The van der Waals surface area contributed by atoms with E-state index in [0.717, 1.165) is 22.3 Å². The highest BCUT2D eigenvalue weighted by Gasteiger charge is 2.24. The minimum atomic E-state index is -0.105. The molecule has 0 N–H and O–H groups in total. The Hall–Kier alpha value is -4.45. The molecule has 2 aliphatic rings. The van der Waals surface area contributed by atoms with Crippen LogP contribution in [0.3, 0.4) is 0 Å². The van der Waals surface area contributed by atoms with Gasteiger partial charge < -0.3 is 23.8 Å². The Labute approximate surface area is 209 Å². The smallest absolute Gasteiger partial charge is 0.254 e. The van der Waals surface area contributed by atoms with E-state index in [1.807, 2.05) is 53.4 Å². The molecule has 0 aromatic heterocycles. The number of ether oxygens (including phenoxy) is 4.